The lowest BCUT2D eigenvalue weighted by Gasteiger charge is -2.20. The Morgan fingerprint density at radius 2 is 1.82 bits per heavy atom. The molecule has 0 bridgehead atoms. The first-order valence-electron chi connectivity index (χ1n) is 5.91. The van der Waals surface area contributed by atoms with Crippen molar-refractivity contribution in [2.75, 3.05) is 5.32 Å². The van der Waals surface area contributed by atoms with Gasteiger partial charge >= 0.3 is 0 Å². The van der Waals surface area contributed by atoms with E-state index in [0.29, 0.717) is 5.92 Å². The molecule has 1 aromatic rings. The Labute approximate surface area is 109 Å². The molecule has 94 valence electrons. The molecule has 0 amide bonds. The summed E-state index contributed by atoms with van der Waals surface area (Å²) in [5.41, 5.74) is 0.819. The van der Waals surface area contributed by atoms with Gasteiger partial charge in [0.25, 0.3) is 0 Å². The van der Waals surface area contributed by atoms with E-state index in [0.717, 1.165) is 16.5 Å². The highest BCUT2D eigenvalue weighted by Gasteiger charge is 2.13. The maximum atomic E-state index is 6.13. The minimum Gasteiger partial charge on any atom is -0.343 e. The second kappa shape index (κ2) is 5.54. The summed E-state index contributed by atoms with van der Waals surface area (Å²) in [4.78, 5) is 4.69. The monoisotopic (exact) mass is 252 g/mol. The number of amidine groups is 1. The Balaban J connectivity index is 2.97. The molecule has 0 heterocycles. The van der Waals surface area contributed by atoms with Crippen LogP contribution in [0.1, 0.15) is 34.6 Å². The Morgan fingerprint density at radius 1 is 1.24 bits per heavy atom. The number of anilines is 1. The van der Waals surface area contributed by atoms with Gasteiger partial charge in [0.2, 0.25) is 0 Å². The van der Waals surface area contributed by atoms with E-state index in [9.17, 15) is 0 Å². The van der Waals surface area contributed by atoms with Crippen molar-refractivity contribution in [3.05, 3.63) is 29.3 Å². The molecule has 0 unspecified atom stereocenters. The Hall–Kier alpha value is -1.02. The maximum Gasteiger partial charge on any atom is 0.104 e. The third kappa shape index (κ3) is 4.78. The predicted molar refractivity (Wildman–Crippen MR) is 77.1 cm³/mol. The summed E-state index contributed by atoms with van der Waals surface area (Å²) in [6.07, 6.45) is 0. The van der Waals surface area contributed by atoms with Crippen LogP contribution in [-0.2, 0) is 0 Å². The van der Waals surface area contributed by atoms with Gasteiger partial charge in [-0.2, -0.15) is 0 Å². The molecular weight excluding hydrogens is 232 g/mol. The van der Waals surface area contributed by atoms with Gasteiger partial charge in [0.05, 0.1) is 16.2 Å². The molecular formula is C14H21ClN2. The van der Waals surface area contributed by atoms with E-state index in [-0.39, 0.29) is 5.54 Å². The molecule has 0 aliphatic rings. The van der Waals surface area contributed by atoms with Crippen LogP contribution in [0.2, 0.25) is 5.02 Å². The van der Waals surface area contributed by atoms with Crippen LogP contribution in [0.4, 0.5) is 5.69 Å². The van der Waals surface area contributed by atoms with Crippen LogP contribution in [0.25, 0.3) is 0 Å². The van der Waals surface area contributed by atoms with Gasteiger partial charge in [0.15, 0.2) is 0 Å². The zero-order valence-electron chi connectivity index (χ0n) is 11.2. The van der Waals surface area contributed by atoms with E-state index in [1.165, 1.54) is 0 Å². The van der Waals surface area contributed by atoms with Gasteiger partial charge in [-0.05, 0) is 32.9 Å². The zero-order chi connectivity index (χ0) is 13.1. The van der Waals surface area contributed by atoms with Gasteiger partial charge in [-0.1, -0.05) is 37.6 Å². The Kier molecular flexibility index (Phi) is 4.58. The largest absolute Gasteiger partial charge is 0.343 e. The molecule has 0 aliphatic carbocycles. The molecule has 2 nitrogen and oxygen atoms in total. The van der Waals surface area contributed by atoms with Crippen LogP contribution in [0.5, 0.6) is 0 Å². The SMILES string of the molecule is CC(C)C(=NC(C)(C)C)Nc1ccccc1Cl. The molecule has 1 rings (SSSR count). The minimum atomic E-state index is -0.0894. The molecule has 0 saturated carbocycles. The predicted octanol–water partition coefficient (Wildman–Crippen LogP) is 4.60. The van der Waals surface area contributed by atoms with Crippen LogP contribution >= 0.6 is 11.6 Å². The van der Waals surface area contributed by atoms with E-state index in [1.807, 2.05) is 24.3 Å². The lowest BCUT2D eigenvalue weighted by atomic mass is 10.1. The molecule has 0 aliphatic heterocycles. The van der Waals surface area contributed by atoms with Gasteiger partial charge in [0.1, 0.15) is 5.84 Å². The molecule has 0 fully saturated rings. The summed E-state index contributed by atoms with van der Waals surface area (Å²) >= 11 is 6.13. The molecule has 0 saturated heterocycles. The number of para-hydroxylation sites is 1. The van der Waals surface area contributed by atoms with Crippen LogP contribution in [0, 0.1) is 5.92 Å². The van der Waals surface area contributed by atoms with E-state index in [1.54, 1.807) is 0 Å². The highest BCUT2D eigenvalue weighted by atomic mass is 35.5. The summed E-state index contributed by atoms with van der Waals surface area (Å²) in [6.45, 7) is 10.5. The number of rotatable bonds is 2. The van der Waals surface area contributed by atoms with Crippen molar-refractivity contribution in [1.29, 1.82) is 0 Å². The van der Waals surface area contributed by atoms with Gasteiger partial charge in [-0.15, -0.1) is 0 Å². The first-order valence-corrected chi connectivity index (χ1v) is 6.28. The fraction of sp³-hybridized carbons (Fsp3) is 0.500. The molecule has 0 spiro atoms. The topological polar surface area (TPSA) is 24.4 Å². The fourth-order valence-corrected chi connectivity index (χ4v) is 1.55. The molecule has 17 heavy (non-hydrogen) atoms. The van der Waals surface area contributed by atoms with Crippen molar-refractivity contribution in [2.24, 2.45) is 10.9 Å². The van der Waals surface area contributed by atoms with Gasteiger partial charge < -0.3 is 5.32 Å². The van der Waals surface area contributed by atoms with Crippen molar-refractivity contribution in [2.45, 2.75) is 40.2 Å². The molecule has 0 radical (unpaired) electrons. The minimum absolute atomic E-state index is 0.0894. The first-order chi connectivity index (χ1) is 7.79. The smallest absolute Gasteiger partial charge is 0.104 e. The summed E-state index contributed by atoms with van der Waals surface area (Å²) in [5, 5.41) is 4.04. The molecule has 3 heteroatoms. The number of hydrogen-bond acceptors (Lipinski definition) is 1. The molecule has 1 N–H and O–H groups in total. The third-order valence-corrected chi connectivity index (χ3v) is 2.47. The number of nitrogens with zero attached hydrogens (tertiary/aromatic N) is 1. The van der Waals surface area contributed by atoms with E-state index in [4.69, 9.17) is 16.6 Å². The van der Waals surface area contributed by atoms with Crippen LogP contribution < -0.4 is 5.32 Å². The van der Waals surface area contributed by atoms with Crippen LogP contribution in [0.3, 0.4) is 0 Å². The maximum absolute atomic E-state index is 6.13. The third-order valence-electron chi connectivity index (χ3n) is 2.14. The quantitative estimate of drug-likeness (QED) is 0.604. The zero-order valence-corrected chi connectivity index (χ0v) is 12.0. The Morgan fingerprint density at radius 3 is 2.29 bits per heavy atom. The van der Waals surface area contributed by atoms with Crippen molar-refractivity contribution < 1.29 is 0 Å². The summed E-state index contributed by atoms with van der Waals surface area (Å²) in [6, 6.07) is 7.72. The van der Waals surface area contributed by atoms with E-state index < -0.39 is 0 Å². The van der Waals surface area contributed by atoms with Crippen molar-refractivity contribution in [1.82, 2.24) is 0 Å². The summed E-state index contributed by atoms with van der Waals surface area (Å²) in [7, 11) is 0. The van der Waals surface area contributed by atoms with Crippen molar-refractivity contribution in [3.63, 3.8) is 0 Å². The van der Waals surface area contributed by atoms with E-state index in [2.05, 4.69) is 39.9 Å². The lowest BCUT2D eigenvalue weighted by Crippen LogP contribution is -2.24. The standard InChI is InChI=1S/C14H21ClN2/c1-10(2)13(17-14(3,4)5)16-12-9-7-6-8-11(12)15/h6-10H,1-5H3,(H,16,17). The second-order valence-electron chi connectivity index (χ2n) is 5.43. The average molecular weight is 253 g/mol. The van der Waals surface area contributed by atoms with Crippen LogP contribution in [0.15, 0.2) is 29.3 Å². The van der Waals surface area contributed by atoms with Gasteiger partial charge in [-0.3, -0.25) is 4.99 Å². The number of benzene rings is 1. The van der Waals surface area contributed by atoms with E-state index >= 15 is 0 Å². The number of hydrogen-bond donors (Lipinski definition) is 1. The Bertz CT molecular complexity index is 403. The highest BCUT2D eigenvalue weighted by molar-refractivity contribution is 6.33. The number of aliphatic imine (C=N–C) groups is 1. The molecule has 1 aromatic carbocycles. The first kappa shape index (κ1) is 14.0. The summed E-state index contributed by atoms with van der Waals surface area (Å²) < 4.78 is 0. The summed E-state index contributed by atoms with van der Waals surface area (Å²) in [5.74, 6) is 1.30. The normalized spacial score (nSPS) is 13.0. The van der Waals surface area contributed by atoms with Crippen LogP contribution in [-0.4, -0.2) is 11.4 Å². The lowest BCUT2D eigenvalue weighted by molar-refractivity contribution is 0.577. The number of halogens is 1. The van der Waals surface area contributed by atoms with Crippen molar-refractivity contribution in [3.8, 4) is 0 Å². The molecule has 0 atom stereocenters. The average Bonchev–Trinajstić information content (AvgIpc) is 2.18. The van der Waals surface area contributed by atoms with Gasteiger partial charge in [0, 0.05) is 5.92 Å². The second-order valence-corrected chi connectivity index (χ2v) is 5.83. The fourth-order valence-electron chi connectivity index (χ4n) is 1.36. The van der Waals surface area contributed by atoms with Crippen molar-refractivity contribution >= 4 is 23.1 Å². The molecule has 0 aromatic heterocycles. The number of nitrogens with one attached hydrogen (secondary N) is 1. The van der Waals surface area contributed by atoms with Gasteiger partial charge in [-0.25, -0.2) is 0 Å². The highest BCUT2D eigenvalue weighted by Crippen LogP contribution is 2.22.